The molecule has 2 heterocycles. The van der Waals surface area contributed by atoms with E-state index >= 15 is 0 Å². The van der Waals surface area contributed by atoms with Crippen LogP contribution in [-0.2, 0) is 16.1 Å². The second kappa shape index (κ2) is 9.47. The Labute approximate surface area is 189 Å². The normalized spacial score (nSPS) is 20.4. The number of carbonyl (C=O) groups is 1. The summed E-state index contributed by atoms with van der Waals surface area (Å²) in [6, 6.07) is 11.5. The SMILES string of the molecule is O=C1/C(=C/c2ccc(OCc3cccc(F)c3)c(Cl)c2)SC(=S)N1C[C@H]1CCCO1. The van der Waals surface area contributed by atoms with Crippen molar-refractivity contribution in [1.82, 2.24) is 4.90 Å². The average molecular weight is 464 g/mol. The molecule has 8 heteroatoms. The lowest BCUT2D eigenvalue weighted by Gasteiger charge is -2.18. The highest BCUT2D eigenvalue weighted by atomic mass is 35.5. The van der Waals surface area contributed by atoms with Crippen LogP contribution < -0.4 is 4.74 Å². The van der Waals surface area contributed by atoms with Gasteiger partial charge in [-0.2, -0.15) is 0 Å². The number of thioether (sulfide) groups is 1. The fourth-order valence-corrected chi connectivity index (χ4v) is 4.83. The Bertz CT molecular complexity index is 1010. The zero-order valence-corrected chi connectivity index (χ0v) is 18.4. The van der Waals surface area contributed by atoms with Crippen LogP contribution in [0, 0.1) is 5.82 Å². The van der Waals surface area contributed by atoms with Gasteiger partial charge in [-0.3, -0.25) is 9.69 Å². The summed E-state index contributed by atoms with van der Waals surface area (Å²) in [4.78, 5) is 14.9. The minimum atomic E-state index is -0.311. The summed E-state index contributed by atoms with van der Waals surface area (Å²) in [6.45, 7) is 1.44. The van der Waals surface area contributed by atoms with Gasteiger partial charge >= 0.3 is 0 Å². The van der Waals surface area contributed by atoms with Crippen molar-refractivity contribution in [3.63, 3.8) is 0 Å². The molecule has 2 aromatic rings. The topological polar surface area (TPSA) is 38.8 Å². The van der Waals surface area contributed by atoms with Crippen molar-refractivity contribution in [2.75, 3.05) is 13.2 Å². The van der Waals surface area contributed by atoms with Crippen LogP contribution in [-0.4, -0.2) is 34.4 Å². The molecule has 0 radical (unpaired) electrons. The van der Waals surface area contributed by atoms with E-state index in [-0.39, 0.29) is 24.4 Å². The highest BCUT2D eigenvalue weighted by Crippen LogP contribution is 2.35. The number of nitrogens with zero attached hydrogens (tertiary/aromatic N) is 1. The zero-order valence-electron chi connectivity index (χ0n) is 16.0. The van der Waals surface area contributed by atoms with Gasteiger partial charge in [0.15, 0.2) is 0 Å². The molecule has 2 aliphatic rings. The summed E-state index contributed by atoms with van der Waals surface area (Å²) in [6.07, 6.45) is 3.79. The predicted octanol–water partition coefficient (Wildman–Crippen LogP) is 5.44. The van der Waals surface area contributed by atoms with Crippen molar-refractivity contribution in [2.24, 2.45) is 0 Å². The van der Waals surface area contributed by atoms with Crippen molar-refractivity contribution in [1.29, 1.82) is 0 Å². The maximum atomic E-state index is 13.3. The Morgan fingerprint density at radius 2 is 2.20 bits per heavy atom. The van der Waals surface area contributed by atoms with Crippen LogP contribution in [0.4, 0.5) is 4.39 Å². The van der Waals surface area contributed by atoms with Crippen LogP contribution in [0.25, 0.3) is 6.08 Å². The lowest BCUT2D eigenvalue weighted by Crippen LogP contribution is -2.35. The van der Waals surface area contributed by atoms with Gasteiger partial charge in [-0.15, -0.1) is 0 Å². The first kappa shape index (κ1) is 21.3. The van der Waals surface area contributed by atoms with E-state index in [0.29, 0.717) is 32.1 Å². The van der Waals surface area contributed by atoms with E-state index in [1.54, 1.807) is 35.2 Å². The minimum absolute atomic E-state index is 0.0517. The maximum absolute atomic E-state index is 13.3. The number of amides is 1. The summed E-state index contributed by atoms with van der Waals surface area (Å²) in [7, 11) is 0. The smallest absolute Gasteiger partial charge is 0.266 e. The molecule has 0 saturated carbocycles. The quantitative estimate of drug-likeness (QED) is 0.421. The standard InChI is InChI=1S/C22H19ClFNO3S2/c23-18-10-14(6-7-19(18)28-13-15-3-1-4-16(24)9-15)11-20-21(26)25(22(29)30-20)12-17-5-2-8-27-17/h1,3-4,6-7,9-11,17H,2,5,8,12-13H2/b20-11-/t17-/m1/s1. The van der Waals surface area contributed by atoms with Gasteiger partial charge in [0.05, 0.1) is 22.6 Å². The Morgan fingerprint density at radius 3 is 2.93 bits per heavy atom. The zero-order chi connectivity index (χ0) is 21.1. The number of benzene rings is 2. The van der Waals surface area contributed by atoms with Crippen molar-refractivity contribution in [3.8, 4) is 5.75 Å². The lowest BCUT2D eigenvalue weighted by atomic mass is 10.2. The summed E-state index contributed by atoms with van der Waals surface area (Å²) in [5.41, 5.74) is 1.49. The third-order valence-electron chi connectivity index (χ3n) is 4.82. The fourth-order valence-electron chi connectivity index (χ4n) is 3.31. The van der Waals surface area contributed by atoms with Crippen molar-refractivity contribution in [2.45, 2.75) is 25.6 Å². The molecule has 0 aliphatic carbocycles. The molecule has 0 bridgehead atoms. The van der Waals surface area contributed by atoms with Gasteiger partial charge in [0, 0.05) is 6.61 Å². The molecule has 4 rings (SSSR count). The highest BCUT2D eigenvalue weighted by Gasteiger charge is 2.34. The Hall–Kier alpha value is -1.93. The molecule has 2 fully saturated rings. The molecule has 2 saturated heterocycles. The molecule has 30 heavy (non-hydrogen) atoms. The molecule has 0 N–H and O–H groups in total. The third kappa shape index (κ3) is 5.03. The highest BCUT2D eigenvalue weighted by molar-refractivity contribution is 8.26. The molecule has 1 amide bonds. The summed E-state index contributed by atoms with van der Waals surface area (Å²) < 4.78 is 25.1. The molecule has 2 aliphatic heterocycles. The third-order valence-corrected chi connectivity index (χ3v) is 6.49. The van der Waals surface area contributed by atoms with Crippen molar-refractivity contribution < 1.29 is 18.7 Å². The lowest BCUT2D eigenvalue weighted by molar-refractivity contribution is -0.123. The molecule has 1 atom stereocenters. The van der Waals surface area contributed by atoms with E-state index in [2.05, 4.69) is 0 Å². The summed E-state index contributed by atoms with van der Waals surface area (Å²) >= 11 is 13.0. The number of hydrogen-bond acceptors (Lipinski definition) is 5. The van der Waals surface area contributed by atoms with Crippen LogP contribution in [0.5, 0.6) is 5.75 Å². The molecule has 2 aromatic carbocycles. The largest absolute Gasteiger partial charge is 0.487 e. The first-order valence-electron chi connectivity index (χ1n) is 9.53. The van der Waals surface area contributed by atoms with Gasteiger partial charge in [-0.25, -0.2) is 4.39 Å². The summed E-state index contributed by atoms with van der Waals surface area (Å²) in [5, 5.41) is 0.412. The molecule has 0 unspecified atom stereocenters. The summed E-state index contributed by atoms with van der Waals surface area (Å²) in [5.74, 6) is 0.0708. The maximum Gasteiger partial charge on any atom is 0.266 e. The van der Waals surface area contributed by atoms with E-state index in [1.165, 1.54) is 23.9 Å². The molecular weight excluding hydrogens is 445 g/mol. The van der Waals surface area contributed by atoms with Gasteiger partial charge in [0.1, 0.15) is 22.5 Å². The van der Waals surface area contributed by atoms with E-state index in [4.69, 9.17) is 33.3 Å². The van der Waals surface area contributed by atoms with Gasteiger partial charge < -0.3 is 9.47 Å². The van der Waals surface area contributed by atoms with Crippen LogP contribution in [0.15, 0.2) is 47.4 Å². The number of carbonyl (C=O) groups excluding carboxylic acids is 1. The van der Waals surface area contributed by atoms with Crippen molar-refractivity contribution in [3.05, 3.63) is 69.3 Å². The van der Waals surface area contributed by atoms with Gasteiger partial charge in [-0.05, 0) is 54.3 Å². The first-order chi connectivity index (χ1) is 14.5. The number of halogens is 2. The molecule has 0 aromatic heterocycles. The van der Waals surface area contributed by atoms with Gasteiger partial charge in [-0.1, -0.05) is 53.8 Å². The average Bonchev–Trinajstić information content (AvgIpc) is 3.32. The Morgan fingerprint density at radius 1 is 1.33 bits per heavy atom. The number of rotatable bonds is 6. The molecular formula is C22H19ClFNO3S2. The van der Waals surface area contributed by atoms with Crippen molar-refractivity contribution >= 4 is 51.9 Å². The Balaban J connectivity index is 1.43. The van der Waals surface area contributed by atoms with Gasteiger partial charge in [0.2, 0.25) is 0 Å². The van der Waals surface area contributed by atoms with Crippen LogP contribution in [0.2, 0.25) is 5.02 Å². The van der Waals surface area contributed by atoms with Crippen LogP contribution in [0.3, 0.4) is 0 Å². The van der Waals surface area contributed by atoms with E-state index in [9.17, 15) is 9.18 Å². The minimum Gasteiger partial charge on any atom is -0.487 e. The Kier molecular flexibility index (Phi) is 6.73. The molecule has 4 nitrogen and oxygen atoms in total. The number of ether oxygens (including phenoxy) is 2. The number of thiocarbonyl (C=S) groups is 1. The first-order valence-corrected chi connectivity index (χ1v) is 11.1. The van der Waals surface area contributed by atoms with E-state index in [0.717, 1.165) is 25.0 Å². The number of hydrogen-bond donors (Lipinski definition) is 0. The fraction of sp³-hybridized carbons (Fsp3) is 0.273. The van der Waals surface area contributed by atoms with E-state index < -0.39 is 0 Å². The van der Waals surface area contributed by atoms with Crippen LogP contribution in [0.1, 0.15) is 24.0 Å². The van der Waals surface area contributed by atoms with E-state index in [1.807, 2.05) is 6.07 Å². The monoisotopic (exact) mass is 463 g/mol. The second-order valence-corrected chi connectivity index (χ2v) is 9.12. The predicted molar refractivity (Wildman–Crippen MR) is 121 cm³/mol. The molecule has 0 spiro atoms. The van der Waals surface area contributed by atoms with Crippen LogP contribution >= 0.6 is 35.6 Å². The molecule has 156 valence electrons. The van der Waals surface area contributed by atoms with Gasteiger partial charge in [0.25, 0.3) is 5.91 Å². The second-order valence-electron chi connectivity index (χ2n) is 7.04.